The molecule has 2 aromatic rings. The summed E-state index contributed by atoms with van der Waals surface area (Å²) in [5.41, 5.74) is 0.899. The van der Waals surface area contributed by atoms with E-state index in [9.17, 15) is 9.18 Å². The Morgan fingerprint density at radius 3 is 2.52 bits per heavy atom. The van der Waals surface area contributed by atoms with E-state index in [0.717, 1.165) is 5.69 Å². The number of aromatic nitrogens is 1. The molecule has 0 aliphatic carbocycles. The van der Waals surface area contributed by atoms with Gasteiger partial charge in [0.1, 0.15) is 11.0 Å². The van der Waals surface area contributed by atoms with E-state index >= 15 is 0 Å². The predicted octanol–water partition coefficient (Wildman–Crippen LogP) is 3.49. The molecule has 1 aromatic heterocycles. The van der Waals surface area contributed by atoms with E-state index in [2.05, 4.69) is 9.88 Å². The first-order valence-electron chi connectivity index (χ1n) is 7.16. The Hall–Kier alpha value is -1.85. The highest BCUT2D eigenvalue weighted by atomic mass is 35.5. The van der Waals surface area contributed by atoms with Crippen molar-refractivity contribution in [2.75, 3.05) is 31.1 Å². The molecule has 7 heteroatoms. The van der Waals surface area contributed by atoms with Crippen molar-refractivity contribution in [3.63, 3.8) is 0 Å². The van der Waals surface area contributed by atoms with Crippen molar-refractivity contribution >= 4 is 34.8 Å². The number of nitrogens with zero attached hydrogens (tertiary/aromatic N) is 3. The number of benzene rings is 1. The van der Waals surface area contributed by atoms with Crippen LogP contribution in [-0.2, 0) is 0 Å². The SMILES string of the molecule is O=C(c1c(F)cccc1Cl)N1CCN(c2ccnc(Cl)c2)CC1. The van der Waals surface area contributed by atoms with Gasteiger partial charge in [0, 0.05) is 38.1 Å². The molecule has 1 aliphatic rings. The monoisotopic (exact) mass is 353 g/mol. The highest BCUT2D eigenvalue weighted by molar-refractivity contribution is 6.33. The molecule has 1 aromatic carbocycles. The lowest BCUT2D eigenvalue weighted by Crippen LogP contribution is -2.49. The number of amides is 1. The second-order valence-corrected chi connectivity index (χ2v) is 6.01. The minimum atomic E-state index is -0.592. The summed E-state index contributed by atoms with van der Waals surface area (Å²) in [7, 11) is 0. The molecule has 4 nitrogen and oxygen atoms in total. The second-order valence-electron chi connectivity index (χ2n) is 5.21. The molecule has 23 heavy (non-hydrogen) atoms. The third kappa shape index (κ3) is 3.41. The lowest BCUT2D eigenvalue weighted by Gasteiger charge is -2.36. The second kappa shape index (κ2) is 6.72. The summed E-state index contributed by atoms with van der Waals surface area (Å²) >= 11 is 11.9. The highest BCUT2D eigenvalue weighted by Crippen LogP contribution is 2.23. The van der Waals surface area contributed by atoms with E-state index in [0.29, 0.717) is 31.3 Å². The summed E-state index contributed by atoms with van der Waals surface area (Å²) in [5.74, 6) is -0.966. The lowest BCUT2D eigenvalue weighted by molar-refractivity contribution is 0.0742. The predicted molar refractivity (Wildman–Crippen MR) is 88.8 cm³/mol. The van der Waals surface area contributed by atoms with Crippen LogP contribution in [-0.4, -0.2) is 42.0 Å². The van der Waals surface area contributed by atoms with Crippen LogP contribution in [0.3, 0.4) is 0 Å². The van der Waals surface area contributed by atoms with Gasteiger partial charge in [0.25, 0.3) is 5.91 Å². The normalized spacial score (nSPS) is 14.9. The molecule has 0 N–H and O–H groups in total. The van der Waals surface area contributed by atoms with E-state index in [-0.39, 0.29) is 16.5 Å². The molecule has 120 valence electrons. The highest BCUT2D eigenvalue weighted by Gasteiger charge is 2.26. The molecule has 3 rings (SSSR count). The fraction of sp³-hybridized carbons (Fsp3) is 0.250. The first kappa shape index (κ1) is 16.0. The van der Waals surface area contributed by atoms with E-state index < -0.39 is 5.82 Å². The minimum absolute atomic E-state index is 0.0606. The third-order valence-corrected chi connectivity index (χ3v) is 4.34. The number of rotatable bonds is 2. The molecule has 0 saturated carbocycles. The van der Waals surface area contributed by atoms with Gasteiger partial charge in [-0.1, -0.05) is 29.3 Å². The average molecular weight is 354 g/mol. The maximum absolute atomic E-state index is 13.9. The van der Waals surface area contributed by atoms with E-state index in [1.165, 1.54) is 18.2 Å². The number of hydrogen-bond acceptors (Lipinski definition) is 3. The van der Waals surface area contributed by atoms with Crippen molar-refractivity contribution in [3.8, 4) is 0 Å². The number of carbonyl (C=O) groups excluding carboxylic acids is 1. The van der Waals surface area contributed by atoms with Crippen molar-refractivity contribution in [2.45, 2.75) is 0 Å². The Balaban J connectivity index is 1.70. The van der Waals surface area contributed by atoms with E-state index in [4.69, 9.17) is 23.2 Å². The number of pyridine rings is 1. The van der Waals surface area contributed by atoms with Crippen LogP contribution in [0.5, 0.6) is 0 Å². The molecule has 0 atom stereocenters. The standard InChI is InChI=1S/C16H14Cl2FN3O/c17-12-2-1-3-13(19)15(12)16(23)22-8-6-21(7-9-22)11-4-5-20-14(18)10-11/h1-5,10H,6-9H2. The molecule has 0 spiro atoms. The lowest BCUT2D eigenvalue weighted by atomic mass is 10.1. The Morgan fingerprint density at radius 2 is 1.87 bits per heavy atom. The summed E-state index contributed by atoms with van der Waals surface area (Å²) in [6.07, 6.45) is 1.65. The summed E-state index contributed by atoms with van der Waals surface area (Å²) in [6, 6.07) is 7.91. The van der Waals surface area contributed by atoms with Crippen molar-refractivity contribution < 1.29 is 9.18 Å². The number of anilines is 1. The summed E-state index contributed by atoms with van der Waals surface area (Å²) in [6.45, 7) is 2.25. The Kier molecular flexibility index (Phi) is 4.68. The zero-order valence-electron chi connectivity index (χ0n) is 12.2. The van der Waals surface area contributed by atoms with Crippen LogP contribution in [0.2, 0.25) is 10.2 Å². The largest absolute Gasteiger partial charge is 0.368 e. The Labute approximate surface area is 143 Å². The number of piperazine rings is 1. The molecule has 1 aliphatic heterocycles. The molecular formula is C16H14Cl2FN3O. The molecular weight excluding hydrogens is 340 g/mol. The Morgan fingerprint density at radius 1 is 1.13 bits per heavy atom. The number of carbonyl (C=O) groups is 1. The molecule has 1 fully saturated rings. The van der Waals surface area contributed by atoms with E-state index in [1.54, 1.807) is 17.2 Å². The molecule has 1 saturated heterocycles. The maximum Gasteiger partial charge on any atom is 0.258 e. The molecule has 2 heterocycles. The fourth-order valence-electron chi connectivity index (χ4n) is 2.62. The van der Waals surface area contributed by atoms with Gasteiger partial charge in [-0.25, -0.2) is 9.37 Å². The first-order chi connectivity index (χ1) is 11.1. The van der Waals surface area contributed by atoms with E-state index in [1.807, 2.05) is 6.07 Å². The molecule has 0 bridgehead atoms. The van der Waals surface area contributed by atoms with Gasteiger partial charge in [-0.05, 0) is 24.3 Å². The fourth-order valence-corrected chi connectivity index (χ4v) is 3.03. The van der Waals surface area contributed by atoms with Crippen LogP contribution in [0.25, 0.3) is 0 Å². The van der Waals surface area contributed by atoms with Gasteiger partial charge in [-0.3, -0.25) is 4.79 Å². The number of hydrogen-bond donors (Lipinski definition) is 0. The quantitative estimate of drug-likeness (QED) is 0.775. The van der Waals surface area contributed by atoms with Crippen LogP contribution >= 0.6 is 23.2 Å². The van der Waals surface area contributed by atoms with Crippen molar-refractivity contribution in [3.05, 3.63) is 58.1 Å². The van der Waals surface area contributed by atoms with Gasteiger partial charge in [0.05, 0.1) is 10.6 Å². The average Bonchev–Trinajstić information content (AvgIpc) is 2.55. The third-order valence-electron chi connectivity index (χ3n) is 3.82. The summed E-state index contributed by atoms with van der Waals surface area (Å²) in [4.78, 5) is 20.2. The maximum atomic E-state index is 13.9. The summed E-state index contributed by atoms with van der Waals surface area (Å²) < 4.78 is 13.9. The smallest absolute Gasteiger partial charge is 0.258 e. The number of halogens is 3. The molecule has 0 unspecified atom stereocenters. The molecule has 1 amide bonds. The van der Waals surface area contributed by atoms with Crippen molar-refractivity contribution in [1.82, 2.24) is 9.88 Å². The van der Waals surface area contributed by atoms with Gasteiger partial charge >= 0.3 is 0 Å². The van der Waals surface area contributed by atoms with Gasteiger partial charge in [0.2, 0.25) is 0 Å². The van der Waals surface area contributed by atoms with Crippen molar-refractivity contribution in [2.24, 2.45) is 0 Å². The Bertz CT molecular complexity index is 713. The van der Waals surface area contributed by atoms with Crippen LogP contribution < -0.4 is 4.90 Å². The van der Waals surface area contributed by atoms with Crippen LogP contribution in [0.4, 0.5) is 10.1 Å². The first-order valence-corrected chi connectivity index (χ1v) is 7.91. The zero-order chi connectivity index (χ0) is 16.4. The van der Waals surface area contributed by atoms with Gasteiger partial charge in [-0.2, -0.15) is 0 Å². The zero-order valence-corrected chi connectivity index (χ0v) is 13.7. The summed E-state index contributed by atoms with van der Waals surface area (Å²) in [5, 5.41) is 0.567. The minimum Gasteiger partial charge on any atom is -0.368 e. The van der Waals surface area contributed by atoms with Crippen LogP contribution in [0, 0.1) is 5.82 Å². The van der Waals surface area contributed by atoms with Gasteiger partial charge in [-0.15, -0.1) is 0 Å². The molecule has 0 radical (unpaired) electrons. The van der Waals surface area contributed by atoms with Gasteiger partial charge in [0.15, 0.2) is 0 Å². The van der Waals surface area contributed by atoms with Crippen LogP contribution in [0.1, 0.15) is 10.4 Å². The van der Waals surface area contributed by atoms with Gasteiger partial charge < -0.3 is 9.80 Å². The van der Waals surface area contributed by atoms with Crippen molar-refractivity contribution in [1.29, 1.82) is 0 Å². The van der Waals surface area contributed by atoms with Crippen LogP contribution in [0.15, 0.2) is 36.5 Å². The topological polar surface area (TPSA) is 36.4 Å².